The van der Waals surface area contributed by atoms with Gasteiger partial charge in [0, 0.05) is 34.2 Å². The Morgan fingerprint density at radius 1 is 1.37 bits per heavy atom. The number of aryl methyl sites for hydroxylation is 1. The Morgan fingerprint density at radius 3 is 2.89 bits per heavy atom. The number of ether oxygens (including phenoxy) is 1. The summed E-state index contributed by atoms with van der Waals surface area (Å²) in [6.45, 7) is 3.71. The highest BCUT2D eigenvalue weighted by molar-refractivity contribution is 9.10. The van der Waals surface area contributed by atoms with Gasteiger partial charge in [0.2, 0.25) is 0 Å². The van der Waals surface area contributed by atoms with E-state index in [1.54, 1.807) is 18.4 Å². The molecule has 1 heterocycles. The van der Waals surface area contributed by atoms with Gasteiger partial charge in [-0.05, 0) is 24.6 Å². The number of rotatable bonds is 6. The zero-order valence-electron chi connectivity index (χ0n) is 11.1. The highest BCUT2D eigenvalue weighted by Gasteiger charge is 2.04. The van der Waals surface area contributed by atoms with E-state index in [9.17, 15) is 0 Å². The van der Waals surface area contributed by atoms with E-state index in [1.807, 2.05) is 18.3 Å². The quantitative estimate of drug-likeness (QED) is 0.869. The number of hydrogen-bond acceptors (Lipinski definition) is 4. The van der Waals surface area contributed by atoms with Gasteiger partial charge in [0.05, 0.1) is 7.11 Å². The Kier molecular flexibility index (Phi) is 5.36. The van der Waals surface area contributed by atoms with Crippen molar-refractivity contribution in [3.63, 3.8) is 0 Å². The van der Waals surface area contributed by atoms with Gasteiger partial charge in [0.15, 0.2) is 0 Å². The molecule has 0 aliphatic rings. The summed E-state index contributed by atoms with van der Waals surface area (Å²) in [6, 6.07) is 6.03. The molecular weight excluding hydrogens is 324 g/mol. The first-order chi connectivity index (χ1) is 9.22. The van der Waals surface area contributed by atoms with E-state index < -0.39 is 0 Å². The van der Waals surface area contributed by atoms with Crippen LogP contribution in [0.4, 0.5) is 0 Å². The molecule has 0 amide bonds. The predicted molar refractivity (Wildman–Crippen MR) is 82.7 cm³/mol. The van der Waals surface area contributed by atoms with Gasteiger partial charge in [0.25, 0.3) is 0 Å². The second-order valence-electron chi connectivity index (χ2n) is 4.13. The average molecular weight is 341 g/mol. The molecule has 1 N–H and O–H groups in total. The molecule has 1 aromatic heterocycles. The Balaban J connectivity index is 1.93. The minimum Gasteiger partial charge on any atom is -0.496 e. The topological polar surface area (TPSA) is 34.2 Å². The van der Waals surface area contributed by atoms with Crippen LogP contribution in [0, 0.1) is 0 Å². The molecule has 3 nitrogen and oxygen atoms in total. The van der Waals surface area contributed by atoms with Crippen LogP contribution in [-0.2, 0) is 19.5 Å². The molecule has 1 aromatic carbocycles. The lowest BCUT2D eigenvalue weighted by atomic mass is 10.2. The monoisotopic (exact) mass is 340 g/mol. The minimum absolute atomic E-state index is 0.768. The summed E-state index contributed by atoms with van der Waals surface area (Å²) in [5, 5.41) is 4.53. The molecule has 0 radical (unpaired) electrons. The van der Waals surface area contributed by atoms with Crippen LogP contribution >= 0.6 is 27.3 Å². The van der Waals surface area contributed by atoms with Gasteiger partial charge < -0.3 is 10.1 Å². The summed E-state index contributed by atoms with van der Waals surface area (Å²) in [5.74, 6) is 0.907. The summed E-state index contributed by atoms with van der Waals surface area (Å²) >= 11 is 5.25. The molecule has 19 heavy (non-hydrogen) atoms. The van der Waals surface area contributed by atoms with Gasteiger partial charge in [-0.3, -0.25) is 0 Å². The Labute approximate surface area is 126 Å². The number of nitrogens with one attached hydrogen (secondary N) is 1. The highest BCUT2D eigenvalue weighted by Crippen LogP contribution is 2.23. The fourth-order valence-corrected chi connectivity index (χ4v) is 3.02. The molecule has 102 valence electrons. The molecule has 0 atom stereocenters. The Bertz CT molecular complexity index is 542. The van der Waals surface area contributed by atoms with Crippen molar-refractivity contribution in [1.29, 1.82) is 0 Å². The first-order valence-electron chi connectivity index (χ1n) is 6.19. The number of halogens is 1. The van der Waals surface area contributed by atoms with E-state index in [1.165, 1.54) is 4.88 Å². The number of aromatic nitrogens is 1. The maximum absolute atomic E-state index is 5.35. The Morgan fingerprint density at radius 2 is 2.21 bits per heavy atom. The van der Waals surface area contributed by atoms with Crippen LogP contribution < -0.4 is 10.1 Å². The molecule has 0 saturated carbocycles. The third-order valence-electron chi connectivity index (χ3n) is 2.78. The van der Waals surface area contributed by atoms with Crippen molar-refractivity contribution in [2.45, 2.75) is 26.4 Å². The van der Waals surface area contributed by atoms with Crippen molar-refractivity contribution in [2.75, 3.05) is 7.11 Å². The van der Waals surface area contributed by atoms with Crippen molar-refractivity contribution < 1.29 is 4.74 Å². The van der Waals surface area contributed by atoms with Gasteiger partial charge >= 0.3 is 0 Å². The molecule has 0 aliphatic carbocycles. The van der Waals surface area contributed by atoms with Gasteiger partial charge in [0.1, 0.15) is 10.8 Å². The third kappa shape index (κ3) is 4.03. The average Bonchev–Trinajstić information content (AvgIpc) is 2.87. The lowest BCUT2D eigenvalue weighted by Gasteiger charge is -2.09. The zero-order valence-corrected chi connectivity index (χ0v) is 13.5. The van der Waals surface area contributed by atoms with E-state index in [0.717, 1.165) is 40.3 Å². The first kappa shape index (κ1) is 14.5. The zero-order chi connectivity index (χ0) is 13.7. The van der Waals surface area contributed by atoms with Crippen molar-refractivity contribution in [3.05, 3.63) is 44.3 Å². The maximum atomic E-state index is 5.35. The molecular formula is C14H17BrN2OS. The molecule has 0 fully saturated rings. The van der Waals surface area contributed by atoms with Gasteiger partial charge in [-0.2, -0.15) is 0 Å². The minimum atomic E-state index is 0.768. The van der Waals surface area contributed by atoms with E-state index in [2.05, 4.69) is 39.2 Å². The summed E-state index contributed by atoms with van der Waals surface area (Å²) in [5.41, 5.74) is 1.14. The SMILES string of the molecule is CCc1cnc(CNCc2cc(Br)ccc2OC)s1. The molecule has 2 aromatic rings. The molecule has 5 heteroatoms. The van der Waals surface area contributed by atoms with Crippen molar-refractivity contribution in [1.82, 2.24) is 10.3 Å². The number of hydrogen-bond donors (Lipinski definition) is 1. The molecule has 0 bridgehead atoms. The van der Waals surface area contributed by atoms with Crippen molar-refractivity contribution in [3.8, 4) is 5.75 Å². The largest absolute Gasteiger partial charge is 0.496 e. The van der Waals surface area contributed by atoms with Crippen molar-refractivity contribution in [2.24, 2.45) is 0 Å². The lowest BCUT2D eigenvalue weighted by Crippen LogP contribution is -2.13. The van der Waals surface area contributed by atoms with Crippen molar-refractivity contribution >= 4 is 27.3 Å². The van der Waals surface area contributed by atoms with Crippen LogP contribution in [0.25, 0.3) is 0 Å². The van der Waals surface area contributed by atoms with E-state index in [-0.39, 0.29) is 0 Å². The van der Waals surface area contributed by atoms with Gasteiger partial charge in [-0.1, -0.05) is 22.9 Å². The number of thiazole rings is 1. The van der Waals surface area contributed by atoms with E-state index >= 15 is 0 Å². The predicted octanol–water partition coefficient (Wildman–Crippen LogP) is 3.77. The molecule has 0 saturated heterocycles. The summed E-state index contributed by atoms with van der Waals surface area (Å²) in [7, 11) is 1.70. The fraction of sp³-hybridized carbons (Fsp3) is 0.357. The lowest BCUT2D eigenvalue weighted by molar-refractivity contribution is 0.407. The van der Waals surface area contributed by atoms with E-state index in [0.29, 0.717) is 0 Å². The normalized spacial score (nSPS) is 10.7. The molecule has 2 rings (SSSR count). The number of nitrogens with zero attached hydrogens (tertiary/aromatic N) is 1. The summed E-state index contributed by atoms with van der Waals surface area (Å²) < 4.78 is 6.41. The summed E-state index contributed by atoms with van der Waals surface area (Å²) in [6.07, 6.45) is 3.01. The van der Waals surface area contributed by atoms with Crippen LogP contribution in [-0.4, -0.2) is 12.1 Å². The van der Waals surface area contributed by atoms with E-state index in [4.69, 9.17) is 4.74 Å². The van der Waals surface area contributed by atoms with Crippen LogP contribution in [0.1, 0.15) is 22.4 Å². The van der Waals surface area contributed by atoms with Gasteiger partial charge in [-0.25, -0.2) is 4.98 Å². The molecule has 0 aliphatic heterocycles. The number of methoxy groups -OCH3 is 1. The summed E-state index contributed by atoms with van der Waals surface area (Å²) in [4.78, 5) is 5.72. The maximum Gasteiger partial charge on any atom is 0.123 e. The van der Waals surface area contributed by atoms with Crippen LogP contribution in [0.2, 0.25) is 0 Å². The standard InChI is InChI=1S/C14H17BrN2OS/c1-3-12-8-17-14(19-12)9-16-7-10-6-11(15)4-5-13(10)18-2/h4-6,8,16H,3,7,9H2,1-2H3. The van der Waals surface area contributed by atoms with Gasteiger partial charge in [-0.15, -0.1) is 11.3 Å². The fourth-order valence-electron chi connectivity index (χ4n) is 1.78. The van der Waals surface area contributed by atoms with Crippen LogP contribution in [0.3, 0.4) is 0 Å². The third-order valence-corrected chi connectivity index (χ3v) is 4.42. The highest BCUT2D eigenvalue weighted by atomic mass is 79.9. The second kappa shape index (κ2) is 7.03. The second-order valence-corrected chi connectivity index (χ2v) is 6.25. The first-order valence-corrected chi connectivity index (χ1v) is 7.80. The smallest absolute Gasteiger partial charge is 0.123 e. The molecule has 0 unspecified atom stereocenters. The molecule has 0 spiro atoms. The van der Waals surface area contributed by atoms with Crippen LogP contribution in [0.5, 0.6) is 5.75 Å². The Hall–Kier alpha value is -0.910. The van der Waals surface area contributed by atoms with Crippen LogP contribution in [0.15, 0.2) is 28.9 Å². The number of benzene rings is 1.